The predicted molar refractivity (Wildman–Crippen MR) is 55.4 cm³/mol. The van der Waals surface area contributed by atoms with Crippen molar-refractivity contribution in [1.29, 1.82) is 0 Å². The Labute approximate surface area is 86.8 Å². The molecule has 3 heteroatoms. The molecule has 0 amide bonds. The van der Waals surface area contributed by atoms with Crippen LogP contribution in [0.5, 0.6) is 0 Å². The molecule has 0 unspecified atom stereocenters. The SMILES string of the molecule is O=C(O)/C=C1/CCc2cc(Cl)ccc21. The van der Waals surface area contributed by atoms with E-state index < -0.39 is 5.97 Å². The van der Waals surface area contributed by atoms with E-state index in [1.54, 1.807) is 6.07 Å². The van der Waals surface area contributed by atoms with Gasteiger partial charge in [-0.25, -0.2) is 4.79 Å². The summed E-state index contributed by atoms with van der Waals surface area (Å²) in [7, 11) is 0. The van der Waals surface area contributed by atoms with E-state index in [1.807, 2.05) is 12.1 Å². The summed E-state index contributed by atoms with van der Waals surface area (Å²) in [6.45, 7) is 0. The first-order valence-electron chi connectivity index (χ1n) is 4.39. The Morgan fingerprint density at radius 2 is 2.21 bits per heavy atom. The van der Waals surface area contributed by atoms with Crippen LogP contribution in [-0.2, 0) is 11.2 Å². The molecule has 2 rings (SSSR count). The number of hydrogen-bond acceptors (Lipinski definition) is 1. The number of allylic oxidation sites excluding steroid dienone is 1. The summed E-state index contributed by atoms with van der Waals surface area (Å²) in [5.41, 5.74) is 3.06. The number of carboxylic acid groups (broad SMARTS) is 1. The summed E-state index contributed by atoms with van der Waals surface area (Å²) in [5.74, 6) is -0.886. The number of carboxylic acids is 1. The van der Waals surface area contributed by atoms with Crippen LogP contribution in [0, 0.1) is 0 Å². The topological polar surface area (TPSA) is 37.3 Å². The number of rotatable bonds is 1. The predicted octanol–water partition coefficient (Wildman–Crippen LogP) is 2.75. The first-order valence-corrected chi connectivity index (χ1v) is 4.77. The Balaban J connectivity index is 2.45. The molecule has 0 bridgehead atoms. The third-order valence-electron chi connectivity index (χ3n) is 2.37. The quantitative estimate of drug-likeness (QED) is 0.721. The number of aliphatic carboxylic acids is 1. The molecule has 0 aliphatic heterocycles. The van der Waals surface area contributed by atoms with Crippen LogP contribution < -0.4 is 0 Å². The highest BCUT2D eigenvalue weighted by Gasteiger charge is 2.16. The zero-order valence-electron chi connectivity index (χ0n) is 7.46. The smallest absolute Gasteiger partial charge is 0.328 e. The molecule has 0 radical (unpaired) electrons. The number of fused-ring (bicyclic) bond motifs is 1. The molecule has 1 aromatic rings. The normalized spacial score (nSPS) is 17.1. The Morgan fingerprint density at radius 1 is 1.43 bits per heavy atom. The maximum Gasteiger partial charge on any atom is 0.328 e. The van der Waals surface area contributed by atoms with E-state index in [9.17, 15) is 4.79 Å². The van der Waals surface area contributed by atoms with Gasteiger partial charge in [-0.3, -0.25) is 0 Å². The van der Waals surface area contributed by atoms with Crippen molar-refractivity contribution in [2.24, 2.45) is 0 Å². The van der Waals surface area contributed by atoms with E-state index in [2.05, 4.69) is 0 Å². The second-order valence-electron chi connectivity index (χ2n) is 3.31. The monoisotopic (exact) mass is 208 g/mol. The van der Waals surface area contributed by atoms with Crippen molar-refractivity contribution in [2.45, 2.75) is 12.8 Å². The third kappa shape index (κ3) is 1.66. The van der Waals surface area contributed by atoms with Gasteiger partial charge in [0.05, 0.1) is 0 Å². The van der Waals surface area contributed by atoms with E-state index >= 15 is 0 Å². The van der Waals surface area contributed by atoms with E-state index in [4.69, 9.17) is 16.7 Å². The molecule has 0 aromatic heterocycles. The maximum absolute atomic E-state index is 10.5. The number of hydrogen-bond donors (Lipinski definition) is 1. The molecule has 0 saturated heterocycles. The molecular weight excluding hydrogens is 200 g/mol. The van der Waals surface area contributed by atoms with Gasteiger partial charge in [0.2, 0.25) is 0 Å². The molecule has 0 saturated carbocycles. The fourth-order valence-corrected chi connectivity index (χ4v) is 1.98. The van der Waals surface area contributed by atoms with Crippen molar-refractivity contribution in [3.05, 3.63) is 40.4 Å². The summed E-state index contributed by atoms with van der Waals surface area (Å²) >= 11 is 5.84. The molecule has 14 heavy (non-hydrogen) atoms. The van der Waals surface area contributed by atoms with Gasteiger partial charge in [-0.15, -0.1) is 0 Å². The summed E-state index contributed by atoms with van der Waals surface area (Å²) in [6, 6.07) is 5.58. The first kappa shape index (κ1) is 9.28. The van der Waals surface area contributed by atoms with E-state index in [1.165, 1.54) is 6.08 Å². The molecule has 0 atom stereocenters. The molecule has 1 aliphatic rings. The van der Waals surface area contributed by atoms with Crippen molar-refractivity contribution >= 4 is 23.1 Å². The van der Waals surface area contributed by atoms with Gasteiger partial charge in [0.1, 0.15) is 0 Å². The summed E-state index contributed by atoms with van der Waals surface area (Å²) in [6.07, 6.45) is 2.96. The molecule has 0 fully saturated rings. The Morgan fingerprint density at radius 3 is 2.93 bits per heavy atom. The highest BCUT2D eigenvalue weighted by Crippen LogP contribution is 2.33. The zero-order chi connectivity index (χ0) is 10.1. The lowest BCUT2D eigenvalue weighted by atomic mass is 10.1. The van der Waals surface area contributed by atoms with Gasteiger partial charge < -0.3 is 5.11 Å². The van der Waals surface area contributed by atoms with E-state index in [-0.39, 0.29) is 0 Å². The minimum Gasteiger partial charge on any atom is -0.478 e. The molecule has 0 spiro atoms. The third-order valence-corrected chi connectivity index (χ3v) is 2.61. The molecule has 1 aliphatic carbocycles. The zero-order valence-corrected chi connectivity index (χ0v) is 8.21. The first-order chi connectivity index (χ1) is 6.66. The van der Waals surface area contributed by atoms with Gasteiger partial charge >= 0.3 is 5.97 Å². The van der Waals surface area contributed by atoms with Crippen molar-refractivity contribution in [3.63, 3.8) is 0 Å². The van der Waals surface area contributed by atoms with Gasteiger partial charge in [0.25, 0.3) is 0 Å². The van der Waals surface area contributed by atoms with Crippen LogP contribution in [0.25, 0.3) is 5.57 Å². The second kappa shape index (κ2) is 3.46. The lowest BCUT2D eigenvalue weighted by molar-refractivity contribution is -0.131. The fourth-order valence-electron chi connectivity index (χ4n) is 1.79. The van der Waals surface area contributed by atoms with Crippen LogP contribution in [0.2, 0.25) is 5.02 Å². The van der Waals surface area contributed by atoms with Gasteiger partial charge in [-0.2, -0.15) is 0 Å². The largest absolute Gasteiger partial charge is 0.478 e. The standard InChI is InChI=1S/C11H9ClO2/c12-9-3-4-10-7(5-9)1-2-8(10)6-11(13)14/h3-6H,1-2H2,(H,13,14)/b8-6-. The number of benzene rings is 1. The highest BCUT2D eigenvalue weighted by molar-refractivity contribution is 6.30. The average Bonchev–Trinajstić information content (AvgIpc) is 2.47. The van der Waals surface area contributed by atoms with Crippen LogP contribution in [0.3, 0.4) is 0 Å². The molecule has 0 heterocycles. The van der Waals surface area contributed by atoms with Gasteiger partial charge in [-0.1, -0.05) is 17.7 Å². The molecular formula is C11H9ClO2. The van der Waals surface area contributed by atoms with Crippen LogP contribution in [-0.4, -0.2) is 11.1 Å². The van der Waals surface area contributed by atoms with E-state index in [0.717, 1.165) is 29.5 Å². The van der Waals surface area contributed by atoms with Crippen molar-refractivity contribution < 1.29 is 9.90 Å². The molecule has 1 aromatic carbocycles. The summed E-state index contributed by atoms with van der Waals surface area (Å²) < 4.78 is 0. The fraction of sp³-hybridized carbons (Fsp3) is 0.182. The van der Waals surface area contributed by atoms with Crippen molar-refractivity contribution in [1.82, 2.24) is 0 Å². The molecule has 72 valence electrons. The number of halogens is 1. The lowest BCUT2D eigenvalue weighted by Gasteiger charge is -1.99. The average molecular weight is 209 g/mol. The van der Waals surface area contributed by atoms with Gasteiger partial charge in [0.15, 0.2) is 0 Å². The van der Waals surface area contributed by atoms with E-state index in [0.29, 0.717) is 5.02 Å². The summed E-state index contributed by atoms with van der Waals surface area (Å²) in [4.78, 5) is 10.5. The lowest BCUT2D eigenvalue weighted by Crippen LogP contribution is -1.89. The summed E-state index contributed by atoms with van der Waals surface area (Å²) in [5, 5.41) is 9.36. The molecule has 1 N–H and O–H groups in total. The van der Waals surface area contributed by atoms with Crippen LogP contribution in [0.1, 0.15) is 17.5 Å². The highest BCUT2D eigenvalue weighted by atomic mass is 35.5. The van der Waals surface area contributed by atoms with Crippen LogP contribution >= 0.6 is 11.6 Å². The minimum atomic E-state index is -0.886. The second-order valence-corrected chi connectivity index (χ2v) is 3.75. The van der Waals surface area contributed by atoms with Crippen molar-refractivity contribution in [3.8, 4) is 0 Å². The minimum absolute atomic E-state index is 0.709. The Hall–Kier alpha value is -1.28. The number of aryl methyl sites for hydroxylation is 1. The van der Waals surface area contributed by atoms with Crippen LogP contribution in [0.15, 0.2) is 24.3 Å². The Kier molecular flexibility index (Phi) is 2.30. The number of carbonyl (C=O) groups is 1. The van der Waals surface area contributed by atoms with Crippen molar-refractivity contribution in [2.75, 3.05) is 0 Å². The van der Waals surface area contributed by atoms with Gasteiger partial charge in [0, 0.05) is 11.1 Å². The van der Waals surface area contributed by atoms with Crippen LogP contribution in [0.4, 0.5) is 0 Å². The molecule has 2 nitrogen and oxygen atoms in total. The maximum atomic E-state index is 10.5. The Bertz CT molecular complexity index is 421. The van der Waals surface area contributed by atoms with Gasteiger partial charge in [-0.05, 0) is 41.7 Å².